The number of benzene rings is 1. The number of hydrogen-bond donors (Lipinski definition) is 0. The number of nitrogens with zero attached hydrogens (tertiary/aromatic N) is 2. The van der Waals surface area contributed by atoms with Gasteiger partial charge in [-0.05, 0) is 32.9 Å². The van der Waals surface area contributed by atoms with Crippen molar-refractivity contribution in [3.05, 3.63) is 23.8 Å². The van der Waals surface area contributed by atoms with E-state index < -0.39 is 0 Å². The molecule has 1 heterocycles. The monoisotopic (exact) mass is 306 g/mol. The van der Waals surface area contributed by atoms with Crippen LogP contribution in [0.3, 0.4) is 0 Å². The molecule has 122 valence electrons. The summed E-state index contributed by atoms with van der Waals surface area (Å²) in [6.07, 6.45) is 0. The lowest BCUT2D eigenvalue weighted by Gasteiger charge is -2.42. The zero-order chi connectivity index (χ0) is 16.3. The molecular formula is C17H26N2O3. The van der Waals surface area contributed by atoms with Gasteiger partial charge in [0.05, 0.1) is 14.2 Å². The topological polar surface area (TPSA) is 42.0 Å². The first-order valence-corrected chi connectivity index (χ1v) is 7.64. The summed E-state index contributed by atoms with van der Waals surface area (Å²) >= 11 is 0. The van der Waals surface area contributed by atoms with Crippen LogP contribution in [-0.2, 0) is 0 Å². The van der Waals surface area contributed by atoms with Crippen LogP contribution in [0.25, 0.3) is 0 Å². The summed E-state index contributed by atoms with van der Waals surface area (Å²) < 4.78 is 10.7. The predicted molar refractivity (Wildman–Crippen MR) is 86.8 cm³/mol. The molecule has 5 nitrogen and oxygen atoms in total. The number of carbonyl (C=O) groups is 1. The van der Waals surface area contributed by atoms with Gasteiger partial charge in [0.25, 0.3) is 5.91 Å². The average molecular weight is 306 g/mol. The van der Waals surface area contributed by atoms with Gasteiger partial charge < -0.3 is 14.4 Å². The summed E-state index contributed by atoms with van der Waals surface area (Å²) in [6, 6.07) is 5.41. The van der Waals surface area contributed by atoms with E-state index in [0.717, 1.165) is 26.2 Å². The molecule has 0 aromatic heterocycles. The Morgan fingerprint density at radius 3 is 1.91 bits per heavy atom. The molecule has 1 amide bonds. The van der Waals surface area contributed by atoms with E-state index >= 15 is 0 Å². The van der Waals surface area contributed by atoms with Crippen LogP contribution in [0.5, 0.6) is 11.5 Å². The molecule has 0 atom stereocenters. The number of methoxy groups -OCH3 is 2. The van der Waals surface area contributed by atoms with Gasteiger partial charge >= 0.3 is 0 Å². The van der Waals surface area contributed by atoms with Gasteiger partial charge in [-0.1, -0.05) is 6.07 Å². The van der Waals surface area contributed by atoms with Gasteiger partial charge in [-0.2, -0.15) is 0 Å². The lowest BCUT2D eigenvalue weighted by Crippen LogP contribution is -2.54. The highest BCUT2D eigenvalue weighted by Gasteiger charge is 2.30. The zero-order valence-corrected chi connectivity index (χ0v) is 14.2. The van der Waals surface area contributed by atoms with Crippen molar-refractivity contribution in [3.8, 4) is 11.5 Å². The van der Waals surface area contributed by atoms with E-state index in [9.17, 15) is 4.79 Å². The standard InChI is InChI=1S/C17H26N2O3/c1-17(2,3)19-11-9-18(10-12-19)16(20)15-13(21-4)7-6-8-14(15)22-5/h6-8H,9-12H2,1-5H3. The number of hydrogen-bond acceptors (Lipinski definition) is 4. The molecule has 1 aliphatic rings. The molecule has 0 radical (unpaired) electrons. The third-order valence-corrected chi connectivity index (χ3v) is 4.16. The minimum absolute atomic E-state index is 0.0251. The van der Waals surface area contributed by atoms with Crippen LogP contribution in [0.15, 0.2) is 18.2 Å². The van der Waals surface area contributed by atoms with Crippen molar-refractivity contribution in [1.82, 2.24) is 9.80 Å². The third kappa shape index (κ3) is 3.35. The summed E-state index contributed by atoms with van der Waals surface area (Å²) in [6.45, 7) is 9.81. The van der Waals surface area contributed by atoms with Crippen molar-refractivity contribution in [3.63, 3.8) is 0 Å². The van der Waals surface area contributed by atoms with E-state index in [4.69, 9.17) is 9.47 Å². The zero-order valence-electron chi connectivity index (χ0n) is 14.2. The van der Waals surface area contributed by atoms with Crippen molar-refractivity contribution in [2.24, 2.45) is 0 Å². The second-order valence-corrected chi connectivity index (χ2v) is 6.49. The Bertz CT molecular complexity index is 507. The van der Waals surface area contributed by atoms with Crippen molar-refractivity contribution in [2.75, 3.05) is 40.4 Å². The number of rotatable bonds is 3. The maximum atomic E-state index is 12.9. The first-order chi connectivity index (χ1) is 10.4. The number of amides is 1. The van der Waals surface area contributed by atoms with Crippen molar-refractivity contribution >= 4 is 5.91 Å². The lowest BCUT2D eigenvalue weighted by molar-refractivity contribution is 0.0446. The smallest absolute Gasteiger partial charge is 0.261 e. The minimum atomic E-state index is -0.0251. The van der Waals surface area contributed by atoms with Gasteiger partial charge in [-0.15, -0.1) is 0 Å². The normalized spacial score (nSPS) is 16.5. The second kappa shape index (κ2) is 6.57. The van der Waals surface area contributed by atoms with E-state index in [1.165, 1.54) is 0 Å². The molecule has 5 heteroatoms. The van der Waals surface area contributed by atoms with Gasteiger partial charge in [0.1, 0.15) is 17.1 Å². The lowest BCUT2D eigenvalue weighted by atomic mass is 10.0. The van der Waals surface area contributed by atoms with Crippen LogP contribution in [0.1, 0.15) is 31.1 Å². The Labute approximate surface area is 132 Å². The highest BCUT2D eigenvalue weighted by molar-refractivity contribution is 5.99. The molecule has 1 saturated heterocycles. The summed E-state index contributed by atoms with van der Waals surface area (Å²) in [5, 5.41) is 0. The fourth-order valence-corrected chi connectivity index (χ4v) is 2.80. The van der Waals surface area contributed by atoms with Crippen LogP contribution >= 0.6 is 0 Å². The Balaban J connectivity index is 2.17. The Kier molecular flexibility index (Phi) is 4.96. The molecule has 0 aliphatic carbocycles. The molecule has 0 saturated carbocycles. The molecular weight excluding hydrogens is 280 g/mol. The van der Waals surface area contributed by atoms with E-state index in [0.29, 0.717) is 17.1 Å². The van der Waals surface area contributed by atoms with Crippen LogP contribution in [0.2, 0.25) is 0 Å². The van der Waals surface area contributed by atoms with Crippen LogP contribution < -0.4 is 9.47 Å². The van der Waals surface area contributed by atoms with Crippen LogP contribution in [0.4, 0.5) is 0 Å². The van der Waals surface area contributed by atoms with Crippen molar-refractivity contribution < 1.29 is 14.3 Å². The Hall–Kier alpha value is -1.75. The number of ether oxygens (including phenoxy) is 2. The van der Waals surface area contributed by atoms with E-state index in [-0.39, 0.29) is 11.4 Å². The molecule has 1 fully saturated rings. The minimum Gasteiger partial charge on any atom is -0.496 e. The summed E-state index contributed by atoms with van der Waals surface area (Å²) in [7, 11) is 3.15. The van der Waals surface area contributed by atoms with E-state index in [1.807, 2.05) is 11.0 Å². The molecule has 1 aromatic rings. The quantitative estimate of drug-likeness (QED) is 0.859. The Morgan fingerprint density at radius 2 is 1.50 bits per heavy atom. The average Bonchev–Trinajstić information content (AvgIpc) is 2.52. The largest absolute Gasteiger partial charge is 0.496 e. The summed E-state index contributed by atoms with van der Waals surface area (Å²) in [5.74, 6) is 1.09. The first-order valence-electron chi connectivity index (χ1n) is 7.64. The highest BCUT2D eigenvalue weighted by atomic mass is 16.5. The first kappa shape index (κ1) is 16.6. The maximum Gasteiger partial charge on any atom is 0.261 e. The van der Waals surface area contributed by atoms with E-state index in [1.54, 1.807) is 26.4 Å². The molecule has 1 aromatic carbocycles. The molecule has 0 N–H and O–H groups in total. The SMILES string of the molecule is COc1cccc(OC)c1C(=O)N1CCN(C(C)(C)C)CC1. The number of piperazine rings is 1. The molecule has 0 unspecified atom stereocenters. The van der Waals surface area contributed by atoms with Gasteiger partial charge in [-0.3, -0.25) is 9.69 Å². The van der Waals surface area contributed by atoms with Gasteiger partial charge in [0.15, 0.2) is 0 Å². The van der Waals surface area contributed by atoms with Gasteiger partial charge in [0.2, 0.25) is 0 Å². The van der Waals surface area contributed by atoms with Crippen molar-refractivity contribution in [2.45, 2.75) is 26.3 Å². The summed E-state index contributed by atoms with van der Waals surface area (Å²) in [5.41, 5.74) is 0.647. The van der Waals surface area contributed by atoms with Crippen LogP contribution in [0, 0.1) is 0 Å². The molecule has 22 heavy (non-hydrogen) atoms. The van der Waals surface area contributed by atoms with E-state index in [2.05, 4.69) is 25.7 Å². The highest BCUT2D eigenvalue weighted by Crippen LogP contribution is 2.30. The fraction of sp³-hybridized carbons (Fsp3) is 0.588. The van der Waals surface area contributed by atoms with Gasteiger partial charge in [-0.25, -0.2) is 0 Å². The van der Waals surface area contributed by atoms with Crippen LogP contribution in [-0.4, -0.2) is 61.6 Å². The molecule has 1 aliphatic heterocycles. The van der Waals surface area contributed by atoms with Crippen molar-refractivity contribution in [1.29, 1.82) is 0 Å². The second-order valence-electron chi connectivity index (χ2n) is 6.49. The molecule has 0 spiro atoms. The molecule has 2 rings (SSSR count). The third-order valence-electron chi connectivity index (χ3n) is 4.16. The molecule has 0 bridgehead atoms. The summed E-state index contributed by atoms with van der Waals surface area (Å²) in [4.78, 5) is 17.1. The van der Waals surface area contributed by atoms with Gasteiger partial charge in [0, 0.05) is 31.7 Å². The predicted octanol–water partition coefficient (Wildman–Crippen LogP) is 2.26. The fourth-order valence-electron chi connectivity index (χ4n) is 2.80. The Morgan fingerprint density at radius 1 is 1.00 bits per heavy atom. The maximum absolute atomic E-state index is 12.9. The number of carbonyl (C=O) groups excluding carboxylic acids is 1.